The minimum atomic E-state index is 0.584. The van der Waals surface area contributed by atoms with E-state index in [2.05, 4.69) is 22.5 Å². The molecule has 1 aromatic carbocycles. The first-order valence-corrected chi connectivity index (χ1v) is 6.64. The minimum absolute atomic E-state index is 0.584. The van der Waals surface area contributed by atoms with Crippen molar-refractivity contribution in [3.63, 3.8) is 0 Å². The molecule has 0 aliphatic rings. The van der Waals surface area contributed by atoms with Gasteiger partial charge in [-0.05, 0) is 36.3 Å². The summed E-state index contributed by atoms with van der Waals surface area (Å²) in [5.41, 5.74) is 4.35. The molecule has 0 aliphatic carbocycles. The van der Waals surface area contributed by atoms with Crippen LogP contribution in [0.15, 0.2) is 24.3 Å². The fourth-order valence-corrected chi connectivity index (χ4v) is 2.13. The molecule has 0 aliphatic heterocycles. The van der Waals surface area contributed by atoms with Gasteiger partial charge in [0, 0.05) is 11.4 Å². The van der Waals surface area contributed by atoms with Crippen molar-refractivity contribution in [2.45, 2.75) is 26.3 Å². The fourth-order valence-electron chi connectivity index (χ4n) is 1.70. The summed E-state index contributed by atoms with van der Waals surface area (Å²) in [6, 6.07) is 7.73. The van der Waals surface area contributed by atoms with E-state index in [1.165, 1.54) is 0 Å². The first-order chi connectivity index (χ1) is 8.70. The number of aromatic amines is 1. The Morgan fingerprint density at radius 1 is 1.50 bits per heavy atom. The molecule has 96 valence electrons. The Morgan fingerprint density at radius 3 is 3.06 bits per heavy atom. The van der Waals surface area contributed by atoms with Gasteiger partial charge in [0.1, 0.15) is 0 Å². The summed E-state index contributed by atoms with van der Waals surface area (Å²) in [7, 11) is 0. The van der Waals surface area contributed by atoms with Gasteiger partial charge in [-0.15, -0.1) is 0 Å². The third-order valence-electron chi connectivity index (χ3n) is 2.55. The van der Waals surface area contributed by atoms with Gasteiger partial charge in [0.05, 0.1) is 6.54 Å². The molecule has 0 bridgehead atoms. The van der Waals surface area contributed by atoms with Crippen LogP contribution in [0.5, 0.6) is 0 Å². The Balaban J connectivity index is 2.10. The summed E-state index contributed by atoms with van der Waals surface area (Å²) in [5.74, 6) is 0.921. The Hall–Kier alpha value is -1.33. The van der Waals surface area contributed by atoms with Gasteiger partial charge in [-0.1, -0.05) is 30.7 Å². The normalized spacial score (nSPS) is 10.6. The lowest BCUT2D eigenvalue weighted by Crippen LogP contribution is -2.17. The van der Waals surface area contributed by atoms with E-state index in [4.69, 9.17) is 23.8 Å². The first-order valence-electron chi connectivity index (χ1n) is 5.85. The van der Waals surface area contributed by atoms with Crippen LogP contribution in [0.4, 0.5) is 0 Å². The lowest BCUT2D eigenvalue weighted by atomic mass is 10.2. The Labute approximate surface area is 116 Å². The number of benzene rings is 1. The van der Waals surface area contributed by atoms with Crippen LogP contribution < -0.4 is 5.43 Å². The molecule has 2 aromatic rings. The summed E-state index contributed by atoms with van der Waals surface area (Å²) in [5, 5.41) is 7.72. The highest BCUT2D eigenvalue weighted by Gasteiger charge is 2.04. The zero-order chi connectivity index (χ0) is 13.0. The predicted octanol–water partition coefficient (Wildman–Crippen LogP) is 3.29. The summed E-state index contributed by atoms with van der Waals surface area (Å²) < 4.78 is 2.40. The maximum absolute atomic E-state index is 5.94. The van der Waals surface area contributed by atoms with Crippen LogP contribution in [0.1, 0.15) is 24.7 Å². The molecule has 0 fully saturated rings. The number of H-pyrrole nitrogens is 1. The third kappa shape index (κ3) is 3.11. The molecule has 2 rings (SSSR count). The summed E-state index contributed by atoms with van der Waals surface area (Å²) in [4.78, 5) is 0. The minimum Gasteiger partial charge on any atom is -0.318 e. The van der Waals surface area contributed by atoms with Crippen molar-refractivity contribution in [3.05, 3.63) is 45.4 Å². The number of aryl methyl sites for hydroxylation is 1. The van der Waals surface area contributed by atoms with Crippen molar-refractivity contribution in [3.8, 4) is 0 Å². The van der Waals surface area contributed by atoms with Crippen LogP contribution >= 0.6 is 23.8 Å². The second-order valence-corrected chi connectivity index (χ2v) is 4.82. The van der Waals surface area contributed by atoms with Gasteiger partial charge in [0.15, 0.2) is 5.82 Å². The lowest BCUT2D eigenvalue weighted by Gasteiger charge is -2.09. The zero-order valence-corrected chi connectivity index (χ0v) is 11.7. The number of nitrogens with one attached hydrogen (secondary N) is 2. The average molecular weight is 283 g/mol. The number of hydrogen-bond donors (Lipinski definition) is 2. The van der Waals surface area contributed by atoms with Crippen LogP contribution in [0.25, 0.3) is 0 Å². The van der Waals surface area contributed by atoms with E-state index in [0.717, 1.165) is 29.3 Å². The van der Waals surface area contributed by atoms with Crippen LogP contribution in [0, 0.1) is 4.77 Å². The molecule has 0 amide bonds. The highest BCUT2D eigenvalue weighted by atomic mass is 35.5. The van der Waals surface area contributed by atoms with Crippen molar-refractivity contribution in [2.75, 3.05) is 5.43 Å². The van der Waals surface area contributed by atoms with Gasteiger partial charge in [-0.2, -0.15) is 5.10 Å². The van der Waals surface area contributed by atoms with Crippen LogP contribution in [-0.4, -0.2) is 14.9 Å². The lowest BCUT2D eigenvalue weighted by molar-refractivity contribution is 0.731. The van der Waals surface area contributed by atoms with Gasteiger partial charge in [-0.3, -0.25) is 5.10 Å². The summed E-state index contributed by atoms with van der Waals surface area (Å²) in [6.07, 6.45) is 1.91. The maximum Gasteiger partial charge on any atom is 0.214 e. The maximum atomic E-state index is 5.94. The molecule has 0 unspecified atom stereocenters. The highest BCUT2D eigenvalue weighted by molar-refractivity contribution is 7.71. The monoisotopic (exact) mass is 282 g/mol. The predicted molar refractivity (Wildman–Crippen MR) is 75.9 cm³/mol. The molecule has 1 aromatic heterocycles. The van der Waals surface area contributed by atoms with Gasteiger partial charge < -0.3 is 5.43 Å². The van der Waals surface area contributed by atoms with Gasteiger partial charge >= 0.3 is 0 Å². The molecule has 6 heteroatoms. The molecule has 0 atom stereocenters. The largest absolute Gasteiger partial charge is 0.318 e. The fraction of sp³-hybridized carbons (Fsp3) is 0.333. The first kappa shape index (κ1) is 13.1. The van der Waals surface area contributed by atoms with E-state index in [0.29, 0.717) is 11.3 Å². The van der Waals surface area contributed by atoms with E-state index in [9.17, 15) is 0 Å². The molecule has 1 heterocycles. The number of aromatic nitrogens is 3. The molecule has 0 spiro atoms. The van der Waals surface area contributed by atoms with E-state index in [-0.39, 0.29) is 0 Å². The molecule has 0 radical (unpaired) electrons. The quantitative estimate of drug-likeness (QED) is 0.827. The second-order valence-electron chi connectivity index (χ2n) is 4.00. The molecular formula is C12H15ClN4S. The number of nitrogens with zero attached hydrogens (tertiary/aromatic N) is 2. The molecule has 0 saturated carbocycles. The van der Waals surface area contributed by atoms with Crippen molar-refractivity contribution < 1.29 is 0 Å². The van der Waals surface area contributed by atoms with E-state index < -0.39 is 0 Å². The zero-order valence-electron chi connectivity index (χ0n) is 10.1. The highest BCUT2D eigenvalue weighted by Crippen LogP contribution is 2.11. The van der Waals surface area contributed by atoms with Crippen molar-refractivity contribution in [1.29, 1.82) is 0 Å². The molecule has 0 saturated heterocycles. The summed E-state index contributed by atoms with van der Waals surface area (Å²) >= 11 is 11.1. The molecule has 2 N–H and O–H groups in total. The Kier molecular flexibility index (Phi) is 4.38. The van der Waals surface area contributed by atoms with E-state index in [1.807, 2.05) is 28.9 Å². The molecule has 4 nitrogen and oxygen atoms in total. The molecule has 18 heavy (non-hydrogen) atoms. The van der Waals surface area contributed by atoms with Gasteiger partial charge in [0.2, 0.25) is 4.77 Å². The smallest absolute Gasteiger partial charge is 0.214 e. The van der Waals surface area contributed by atoms with Crippen molar-refractivity contribution >= 4 is 23.8 Å². The summed E-state index contributed by atoms with van der Waals surface area (Å²) in [6.45, 7) is 2.77. The van der Waals surface area contributed by atoms with Crippen LogP contribution in [0.3, 0.4) is 0 Å². The van der Waals surface area contributed by atoms with Crippen molar-refractivity contribution in [2.24, 2.45) is 0 Å². The SMILES string of the molecule is CCCc1n[nH]c(=S)n1NCc1cccc(Cl)c1. The van der Waals surface area contributed by atoms with Crippen LogP contribution in [-0.2, 0) is 13.0 Å². The number of hydrogen-bond acceptors (Lipinski definition) is 3. The van der Waals surface area contributed by atoms with E-state index >= 15 is 0 Å². The standard InChI is InChI=1S/C12H15ClN4S/c1-2-4-11-15-16-12(18)17(11)14-8-9-5-3-6-10(13)7-9/h3,5-7,14H,2,4,8H2,1H3,(H,16,18). The van der Waals surface area contributed by atoms with Crippen molar-refractivity contribution in [1.82, 2.24) is 14.9 Å². The van der Waals surface area contributed by atoms with Gasteiger partial charge in [0.25, 0.3) is 0 Å². The Morgan fingerprint density at radius 2 is 2.33 bits per heavy atom. The van der Waals surface area contributed by atoms with Gasteiger partial charge in [-0.25, -0.2) is 4.68 Å². The number of rotatable bonds is 5. The third-order valence-corrected chi connectivity index (χ3v) is 3.05. The average Bonchev–Trinajstić information content (AvgIpc) is 2.69. The Bertz CT molecular complexity index is 575. The topological polar surface area (TPSA) is 45.6 Å². The molecular weight excluding hydrogens is 268 g/mol. The second kappa shape index (κ2) is 6.02. The van der Waals surface area contributed by atoms with E-state index in [1.54, 1.807) is 0 Å². The van der Waals surface area contributed by atoms with Crippen LogP contribution in [0.2, 0.25) is 5.02 Å². The number of halogens is 1.